The first kappa shape index (κ1) is 13.8. The van der Waals surface area contributed by atoms with Crippen molar-refractivity contribution in [2.24, 2.45) is 5.41 Å². The Morgan fingerprint density at radius 3 is 2.42 bits per heavy atom. The minimum Gasteiger partial charge on any atom is -0.368 e. The van der Waals surface area contributed by atoms with Crippen molar-refractivity contribution in [3.8, 4) is 0 Å². The van der Waals surface area contributed by atoms with Gasteiger partial charge in [-0.25, -0.2) is 9.50 Å². The van der Waals surface area contributed by atoms with Gasteiger partial charge in [0.15, 0.2) is 5.82 Å². The molecule has 104 valence electrons. The Bertz CT molecular complexity index is 570. The molecule has 19 heavy (non-hydrogen) atoms. The second-order valence-electron chi connectivity index (χ2n) is 7.30. The van der Waals surface area contributed by atoms with E-state index in [-0.39, 0.29) is 10.8 Å². The zero-order valence-corrected chi connectivity index (χ0v) is 12.8. The van der Waals surface area contributed by atoms with E-state index in [4.69, 9.17) is 0 Å². The highest BCUT2D eigenvalue weighted by Crippen LogP contribution is 2.25. The molecule has 0 aliphatic heterocycles. The highest BCUT2D eigenvalue weighted by Gasteiger charge is 2.19. The summed E-state index contributed by atoms with van der Waals surface area (Å²) in [5.41, 5.74) is 2.39. The standard InChI is InChI=1S/C15H24N4/c1-14(2,3)10-17-13-11-9-12(15(4,5)6)18-19(11)8-7-16-13/h7-9H,10H2,1-6H3,(H,16,17). The van der Waals surface area contributed by atoms with Crippen LogP contribution in [0.2, 0.25) is 0 Å². The van der Waals surface area contributed by atoms with Crippen LogP contribution in [-0.4, -0.2) is 21.1 Å². The van der Waals surface area contributed by atoms with Gasteiger partial charge in [0, 0.05) is 24.4 Å². The van der Waals surface area contributed by atoms with Crippen LogP contribution in [0.4, 0.5) is 5.82 Å². The lowest BCUT2D eigenvalue weighted by Crippen LogP contribution is -2.19. The van der Waals surface area contributed by atoms with Crippen LogP contribution in [0.5, 0.6) is 0 Å². The number of nitrogens with one attached hydrogen (secondary N) is 1. The van der Waals surface area contributed by atoms with Crippen LogP contribution in [0.25, 0.3) is 5.52 Å². The second kappa shape index (κ2) is 4.51. The summed E-state index contributed by atoms with van der Waals surface area (Å²) >= 11 is 0. The van der Waals surface area contributed by atoms with Gasteiger partial charge in [0.1, 0.15) is 5.52 Å². The molecule has 0 aliphatic carbocycles. The summed E-state index contributed by atoms with van der Waals surface area (Å²) < 4.78 is 1.90. The fourth-order valence-electron chi connectivity index (χ4n) is 1.77. The van der Waals surface area contributed by atoms with Gasteiger partial charge < -0.3 is 5.32 Å². The number of rotatable bonds is 2. The van der Waals surface area contributed by atoms with Gasteiger partial charge in [0.2, 0.25) is 0 Å². The van der Waals surface area contributed by atoms with Crippen LogP contribution in [-0.2, 0) is 5.41 Å². The van der Waals surface area contributed by atoms with E-state index in [1.807, 2.05) is 10.7 Å². The molecular weight excluding hydrogens is 236 g/mol. The van der Waals surface area contributed by atoms with E-state index in [0.29, 0.717) is 0 Å². The molecule has 4 nitrogen and oxygen atoms in total. The molecule has 0 spiro atoms. The largest absolute Gasteiger partial charge is 0.368 e. The fraction of sp³-hybridized carbons (Fsp3) is 0.600. The molecule has 1 N–H and O–H groups in total. The fourth-order valence-corrected chi connectivity index (χ4v) is 1.77. The van der Waals surface area contributed by atoms with Crippen molar-refractivity contribution in [2.75, 3.05) is 11.9 Å². The highest BCUT2D eigenvalue weighted by atomic mass is 15.2. The maximum absolute atomic E-state index is 4.63. The first-order valence-corrected chi connectivity index (χ1v) is 6.76. The SMILES string of the molecule is CC(C)(C)CNc1nccn2nc(C(C)(C)C)cc12. The molecular formula is C15H24N4. The molecule has 2 aromatic rings. The van der Waals surface area contributed by atoms with Crippen molar-refractivity contribution in [1.29, 1.82) is 0 Å². The molecule has 0 aromatic carbocycles. The molecule has 0 fully saturated rings. The first-order valence-electron chi connectivity index (χ1n) is 6.76. The Labute approximate surface area is 115 Å². The van der Waals surface area contributed by atoms with Crippen molar-refractivity contribution in [2.45, 2.75) is 47.0 Å². The summed E-state index contributed by atoms with van der Waals surface area (Å²) in [5, 5.41) is 8.05. The van der Waals surface area contributed by atoms with Gasteiger partial charge in [-0.15, -0.1) is 0 Å². The molecule has 0 aliphatic rings. The van der Waals surface area contributed by atoms with E-state index in [9.17, 15) is 0 Å². The van der Waals surface area contributed by atoms with Crippen LogP contribution < -0.4 is 5.32 Å². The van der Waals surface area contributed by atoms with Gasteiger partial charge in [-0.3, -0.25) is 0 Å². The summed E-state index contributed by atoms with van der Waals surface area (Å²) in [5.74, 6) is 0.903. The second-order valence-corrected chi connectivity index (χ2v) is 7.30. The third-order valence-corrected chi connectivity index (χ3v) is 2.94. The molecule has 0 saturated heterocycles. The summed E-state index contributed by atoms with van der Waals surface area (Å²) in [6.07, 6.45) is 3.68. The Morgan fingerprint density at radius 2 is 1.84 bits per heavy atom. The van der Waals surface area contributed by atoms with E-state index in [2.05, 4.69) is 63.0 Å². The molecule has 0 amide bonds. The van der Waals surface area contributed by atoms with Crippen molar-refractivity contribution in [1.82, 2.24) is 14.6 Å². The quantitative estimate of drug-likeness (QED) is 0.898. The number of hydrogen-bond donors (Lipinski definition) is 1. The van der Waals surface area contributed by atoms with Gasteiger partial charge in [-0.2, -0.15) is 5.10 Å². The molecule has 0 bridgehead atoms. The topological polar surface area (TPSA) is 42.2 Å². The molecule has 0 unspecified atom stereocenters. The van der Waals surface area contributed by atoms with Crippen molar-refractivity contribution >= 4 is 11.3 Å². The Hall–Kier alpha value is -1.58. The minimum atomic E-state index is 0.0489. The van der Waals surface area contributed by atoms with Crippen molar-refractivity contribution < 1.29 is 0 Å². The lowest BCUT2D eigenvalue weighted by molar-refractivity contribution is 0.442. The maximum atomic E-state index is 4.63. The number of fused-ring (bicyclic) bond motifs is 1. The predicted molar refractivity (Wildman–Crippen MR) is 79.6 cm³/mol. The smallest absolute Gasteiger partial charge is 0.152 e. The van der Waals surface area contributed by atoms with Gasteiger partial charge in [-0.05, 0) is 11.5 Å². The average molecular weight is 260 g/mol. The van der Waals surface area contributed by atoms with Crippen LogP contribution in [0.1, 0.15) is 47.2 Å². The maximum Gasteiger partial charge on any atom is 0.152 e. The number of aromatic nitrogens is 3. The van der Waals surface area contributed by atoms with Crippen LogP contribution in [0.15, 0.2) is 18.5 Å². The highest BCUT2D eigenvalue weighted by molar-refractivity contribution is 5.68. The van der Waals surface area contributed by atoms with Crippen LogP contribution >= 0.6 is 0 Å². The van der Waals surface area contributed by atoms with Gasteiger partial charge in [0.25, 0.3) is 0 Å². The van der Waals surface area contributed by atoms with Crippen molar-refractivity contribution in [3.63, 3.8) is 0 Å². The number of hydrogen-bond acceptors (Lipinski definition) is 3. The zero-order chi connectivity index (χ0) is 14.3. The molecule has 0 saturated carbocycles. The number of anilines is 1. The molecule has 0 radical (unpaired) electrons. The van der Waals surface area contributed by atoms with E-state index in [1.54, 1.807) is 6.20 Å². The lowest BCUT2D eigenvalue weighted by atomic mass is 9.92. The third kappa shape index (κ3) is 3.25. The van der Waals surface area contributed by atoms with E-state index >= 15 is 0 Å². The van der Waals surface area contributed by atoms with E-state index < -0.39 is 0 Å². The Morgan fingerprint density at radius 1 is 1.16 bits per heavy atom. The minimum absolute atomic E-state index is 0.0489. The number of nitrogens with zero attached hydrogens (tertiary/aromatic N) is 3. The summed E-state index contributed by atoms with van der Waals surface area (Å²) in [6, 6.07) is 2.12. The summed E-state index contributed by atoms with van der Waals surface area (Å²) in [7, 11) is 0. The van der Waals surface area contributed by atoms with Crippen molar-refractivity contribution in [3.05, 3.63) is 24.2 Å². The van der Waals surface area contributed by atoms with E-state index in [0.717, 1.165) is 23.6 Å². The lowest BCUT2D eigenvalue weighted by Gasteiger charge is -2.19. The molecule has 0 atom stereocenters. The van der Waals surface area contributed by atoms with Crippen LogP contribution in [0.3, 0.4) is 0 Å². The van der Waals surface area contributed by atoms with Gasteiger partial charge in [0.05, 0.1) is 5.69 Å². The van der Waals surface area contributed by atoms with Crippen LogP contribution in [0, 0.1) is 5.41 Å². The molecule has 2 heterocycles. The Balaban J connectivity index is 2.37. The molecule has 4 heteroatoms. The molecule has 2 aromatic heterocycles. The van der Waals surface area contributed by atoms with Gasteiger partial charge in [-0.1, -0.05) is 41.5 Å². The average Bonchev–Trinajstić information content (AvgIpc) is 2.68. The normalized spacial score (nSPS) is 12.9. The zero-order valence-electron chi connectivity index (χ0n) is 12.8. The van der Waals surface area contributed by atoms with E-state index in [1.165, 1.54) is 0 Å². The summed E-state index contributed by atoms with van der Waals surface area (Å²) in [4.78, 5) is 4.43. The molecule has 2 rings (SSSR count). The summed E-state index contributed by atoms with van der Waals surface area (Å²) in [6.45, 7) is 14.0. The van der Waals surface area contributed by atoms with Gasteiger partial charge >= 0.3 is 0 Å². The third-order valence-electron chi connectivity index (χ3n) is 2.94. The monoisotopic (exact) mass is 260 g/mol. The Kier molecular flexibility index (Phi) is 3.29. The predicted octanol–water partition coefficient (Wildman–Crippen LogP) is 3.48. The first-order chi connectivity index (χ1) is 8.67.